The molecule has 0 aliphatic heterocycles. The van der Waals surface area contributed by atoms with E-state index in [0.717, 1.165) is 18.2 Å². The highest BCUT2D eigenvalue weighted by molar-refractivity contribution is 5.91. The molecule has 1 heterocycles. The molecule has 1 aromatic rings. The number of likely N-dealkylation sites (N-methyl/N-ethyl adjacent to an activating group) is 1. The maximum Gasteiger partial charge on any atom is 0.417 e. The molecule has 2 N–H and O–H groups in total. The zero-order valence-electron chi connectivity index (χ0n) is 10.7. The van der Waals surface area contributed by atoms with Crippen molar-refractivity contribution >= 4 is 17.8 Å². The van der Waals surface area contributed by atoms with Gasteiger partial charge in [-0.25, -0.2) is 4.98 Å². The molecular formula is C12H14F3N3O. The summed E-state index contributed by atoms with van der Waals surface area (Å²) in [5, 5.41) is 0. The number of carbonyl (C=O) groups excluding carboxylic acids is 1. The molecule has 0 aromatic carbocycles. The third kappa shape index (κ3) is 3.70. The highest BCUT2D eigenvalue weighted by Crippen LogP contribution is 2.34. The number of aryl methyl sites for hydroxylation is 1. The zero-order chi connectivity index (χ0) is 14.8. The maximum atomic E-state index is 12.9. The number of pyridine rings is 1. The Bertz CT molecular complexity index is 522. The lowest BCUT2D eigenvalue weighted by Crippen LogP contribution is -2.19. The van der Waals surface area contributed by atoms with Gasteiger partial charge in [-0.15, -0.1) is 0 Å². The molecule has 104 valence electrons. The summed E-state index contributed by atoms with van der Waals surface area (Å²) in [7, 11) is 3.01. The number of rotatable bonds is 2. The quantitative estimate of drug-likeness (QED) is 0.839. The van der Waals surface area contributed by atoms with Crippen molar-refractivity contribution < 1.29 is 18.0 Å². The number of carbonyl (C=O) groups is 1. The van der Waals surface area contributed by atoms with Gasteiger partial charge in [0.25, 0.3) is 0 Å². The Balaban J connectivity index is 3.31. The Morgan fingerprint density at radius 1 is 1.42 bits per heavy atom. The summed E-state index contributed by atoms with van der Waals surface area (Å²) >= 11 is 0. The molecule has 1 amide bonds. The predicted octanol–water partition coefficient (Wildman–Crippen LogP) is 2.09. The fourth-order valence-corrected chi connectivity index (χ4v) is 1.46. The summed E-state index contributed by atoms with van der Waals surface area (Å²) in [5.74, 6) is -0.620. The van der Waals surface area contributed by atoms with Gasteiger partial charge in [-0.1, -0.05) is 0 Å². The van der Waals surface area contributed by atoms with Crippen LogP contribution in [0.25, 0.3) is 6.08 Å². The standard InChI is InChI=1S/C12H14F3N3O/c1-7-8(4-5-11(19)18(2)3)9(12(13,14)15)6-10(16)17-7/h4-6H,1-3H3,(H2,16,17)/b5-4+. The van der Waals surface area contributed by atoms with Crippen LogP contribution in [-0.2, 0) is 11.0 Å². The van der Waals surface area contributed by atoms with Gasteiger partial charge in [-0.3, -0.25) is 4.79 Å². The van der Waals surface area contributed by atoms with E-state index in [-0.39, 0.29) is 17.1 Å². The first-order valence-corrected chi connectivity index (χ1v) is 5.36. The number of aromatic nitrogens is 1. The van der Waals surface area contributed by atoms with Crippen molar-refractivity contribution in [3.8, 4) is 0 Å². The number of alkyl halides is 3. The van der Waals surface area contributed by atoms with E-state index in [9.17, 15) is 18.0 Å². The van der Waals surface area contributed by atoms with E-state index in [1.54, 1.807) is 0 Å². The van der Waals surface area contributed by atoms with E-state index in [4.69, 9.17) is 5.73 Å². The lowest BCUT2D eigenvalue weighted by atomic mass is 10.1. The third-order valence-electron chi connectivity index (χ3n) is 2.41. The number of hydrogen-bond acceptors (Lipinski definition) is 3. The monoisotopic (exact) mass is 273 g/mol. The number of amides is 1. The normalized spacial score (nSPS) is 11.9. The van der Waals surface area contributed by atoms with Crippen LogP contribution in [0.3, 0.4) is 0 Å². The molecule has 0 aliphatic rings. The van der Waals surface area contributed by atoms with Crippen molar-refractivity contribution in [2.45, 2.75) is 13.1 Å². The summed E-state index contributed by atoms with van der Waals surface area (Å²) in [5.41, 5.74) is 4.38. The van der Waals surface area contributed by atoms with Crippen LogP contribution in [-0.4, -0.2) is 29.9 Å². The smallest absolute Gasteiger partial charge is 0.384 e. The predicted molar refractivity (Wildman–Crippen MR) is 66.1 cm³/mol. The van der Waals surface area contributed by atoms with Crippen molar-refractivity contribution in [3.63, 3.8) is 0 Å². The summed E-state index contributed by atoms with van der Waals surface area (Å²) in [6.07, 6.45) is -2.38. The summed E-state index contributed by atoms with van der Waals surface area (Å²) in [6, 6.07) is 0.757. The Labute approximate surface area is 108 Å². The first kappa shape index (κ1) is 15.0. The fourth-order valence-electron chi connectivity index (χ4n) is 1.46. The van der Waals surface area contributed by atoms with Gasteiger partial charge < -0.3 is 10.6 Å². The molecule has 7 heteroatoms. The van der Waals surface area contributed by atoms with Gasteiger partial charge in [0.1, 0.15) is 5.82 Å². The Kier molecular flexibility index (Phi) is 4.18. The summed E-state index contributed by atoms with van der Waals surface area (Å²) < 4.78 is 38.6. The van der Waals surface area contributed by atoms with E-state index in [1.165, 1.54) is 25.9 Å². The van der Waals surface area contributed by atoms with Gasteiger partial charge in [0.2, 0.25) is 5.91 Å². The lowest BCUT2D eigenvalue weighted by Gasteiger charge is -2.13. The van der Waals surface area contributed by atoms with Crippen LogP contribution < -0.4 is 5.73 Å². The summed E-state index contributed by atoms with van der Waals surface area (Å²) in [6.45, 7) is 1.41. The first-order valence-electron chi connectivity index (χ1n) is 5.36. The van der Waals surface area contributed by atoms with E-state index in [0.29, 0.717) is 0 Å². The minimum absolute atomic E-state index is 0.120. The average Bonchev–Trinajstić information content (AvgIpc) is 2.25. The average molecular weight is 273 g/mol. The fraction of sp³-hybridized carbons (Fsp3) is 0.333. The maximum absolute atomic E-state index is 12.9. The minimum atomic E-state index is -4.55. The van der Waals surface area contributed by atoms with Gasteiger partial charge in [0.15, 0.2) is 0 Å². The van der Waals surface area contributed by atoms with Crippen LogP contribution in [0.4, 0.5) is 19.0 Å². The largest absolute Gasteiger partial charge is 0.417 e. The van der Waals surface area contributed by atoms with Crippen molar-refractivity contribution in [2.24, 2.45) is 0 Å². The number of nitrogens with two attached hydrogens (primary N) is 1. The second kappa shape index (κ2) is 5.29. The van der Waals surface area contributed by atoms with Crippen LogP contribution in [0, 0.1) is 6.92 Å². The molecule has 0 radical (unpaired) electrons. The van der Waals surface area contributed by atoms with Crippen LogP contribution in [0.1, 0.15) is 16.8 Å². The molecule has 0 spiro atoms. The molecular weight excluding hydrogens is 259 g/mol. The van der Waals surface area contributed by atoms with Gasteiger partial charge in [-0.05, 0) is 19.1 Å². The van der Waals surface area contributed by atoms with E-state index >= 15 is 0 Å². The number of hydrogen-bond donors (Lipinski definition) is 1. The van der Waals surface area contributed by atoms with Crippen LogP contribution in [0.15, 0.2) is 12.1 Å². The second-order valence-electron chi connectivity index (χ2n) is 4.16. The first-order chi connectivity index (χ1) is 8.62. The second-order valence-corrected chi connectivity index (χ2v) is 4.16. The van der Waals surface area contributed by atoms with E-state index < -0.39 is 17.6 Å². The molecule has 0 atom stereocenters. The minimum Gasteiger partial charge on any atom is -0.384 e. The zero-order valence-corrected chi connectivity index (χ0v) is 10.7. The van der Waals surface area contributed by atoms with Gasteiger partial charge >= 0.3 is 6.18 Å². The number of halogens is 3. The van der Waals surface area contributed by atoms with Crippen molar-refractivity contribution in [2.75, 3.05) is 19.8 Å². The highest BCUT2D eigenvalue weighted by atomic mass is 19.4. The molecule has 1 aromatic heterocycles. The molecule has 19 heavy (non-hydrogen) atoms. The Morgan fingerprint density at radius 2 is 2.00 bits per heavy atom. The van der Waals surface area contributed by atoms with E-state index in [1.807, 2.05) is 0 Å². The van der Waals surface area contributed by atoms with Gasteiger partial charge in [0.05, 0.1) is 5.56 Å². The van der Waals surface area contributed by atoms with Crippen LogP contribution in [0.5, 0.6) is 0 Å². The van der Waals surface area contributed by atoms with Crippen molar-refractivity contribution in [1.82, 2.24) is 9.88 Å². The Hall–Kier alpha value is -2.05. The third-order valence-corrected chi connectivity index (χ3v) is 2.41. The van der Waals surface area contributed by atoms with Crippen LogP contribution >= 0.6 is 0 Å². The van der Waals surface area contributed by atoms with Crippen molar-refractivity contribution in [1.29, 1.82) is 0 Å². The molecule has 4 nitrogen and oxygen atoms in total. The number of nitrogens with zero attached hydrogens (tertiary/aromatic N) is 2. The number of anilines is 1. The van der Waals surface area contributed by atoms with Crippen molar-refractivity contribution in [3.05, 3.63) is 29.0 Å². The molecule has 0 saturated carbocycles. The SMILES string of the molecule is Cc1nc(N)cc(C(F)(F)F)c1/C=C/C(=O)N(C)C. The Morgan fingerprint density at radius 3 is 2.47 bits per heavy atom. The molecule has 0 bridgehead atoms. The molecule has 0 fully saturated rings. The molecule has 0 unspecified atom stereocenters. The molecule has 0 saturated heterocycles. The van der Waals surface area contributed by atoms with Gasteiger partial charge in [0, 0.05) is 31.4 Å². The number of nitrogen functional groups attached to an aromatic ring is 1. The van der Waals surface area contributed by atoms with Crippen LogP contribution in [0.2, 0.25) is 0 Å². The molecule has 1 rings (SSSR count). The lowest BCUT2D eigenvalue weighted by molar-refractivity contribution is -0.137. The topological polar surface area (TPSA) is 59.2 Å². The highest BCUT2D eigenvalue weighted by Gasteiger charge is 2.34. The summed E-state index contributed by atoms with van der Waals surface area (Å²) in [4.78, 5) is 16.4. The van der Waals surface area contributed by atoms with E-state index in [2.05, 4.69) is 4.98 Å². The van der Waals surface area contributed by atoms with Gasteiger partial charge in [-0.2, -0.15) is 13.2 Å². The molecule has 0 aliphatic carbocycles.